The summed E-state index contributed by atoms with van der Waals surface area (Å²) in [4.78, 5) is 27.3. The molecule has 0 radical (unpaired) electrons. The number of fused-ring (bicyclic) bond motifs is 1. The lowest BCUT2D eigenvalue weighted by molar-refractivity contribution is -0.107. The molecule has 7 heteroatoms. The number of hydrogen-bond acceptors (Lipinski definition) is 5. The van der Waals surface area contributed by atoms with Gasteiger partial charge in [-0.15, -0.1) is 0 Å². The van der Waals surface area contributed by atoms with Gasteiger partial charge in [0.15, 0.2) is 11.5 Å². The SMILES string of the molecule is CC(C)(C)OC(=O)N1CCC(CN(C=O)c2ccc3c(c2)OCCO3)CC1. The first-order valence-electron chi connectivity index (χ1n) is 9.45. The van der Waals surface area contributed by atoms with Crippen LogP contribution in [-0.4, -0.2) is 55.9 Å². The van der Waals surface area contributed by atoms with Crippen molar-refractivity contribution in [3.63, 3.8) is 0 Å². The molecular weight excluding hydrogens is 348 g/mol. The van der Waals surface area contributed by atoms with Gasteiger partial charge in [-0.3, -0.25) is 4.79 Å². The van der Waals surface area contributed by atoms with Crippen molar-refractivity contribution in [1.82, 2.24) is 4.90 Å². The molecule has 0 N–H and O–H groups in total. The summed E-state index contributed by atoms with van der Waals surface area (Å²) in [7, 11) is 0. The van der Waals surface area contributed by atoms with E-state index in [1.807, 2.05) is 39.0 Å². The van der Waals surface area contributed by atoms with Crippen LogP contribution in [0.4, 0.5) is 10.5 Å². The molecular formula is C20H28N2O5. The van der Waals surface area contributed by atoms with Crippen LogP contribution in [0.15, 0.2) is 18.2 Å². The molecule has 1 fully saturated rings. The summed E-state index contributed by atoms with van der Waals surface area (Å²) in [6, 6.07) is 5.56. The molecule has 2 amide bonds. The van der Waals surface area contributed by atoms with Crippen LogP contribution in [0, 0.1) is 5.92 Å². The van der Waals surface area contributed by atoms with E-state index in [2.05, 4.69) is 0 Å². The fourth-order valence-electron chi connectivity index (χ4n) is 3.32. The number of anilines is 1. The molecule has 1 aromatic rings. The molecule has 148 valence electrons. The van der Waals surface area contributed by atoms with Crippen molar-refractivity contribution in [2.75, 3.05) is 37.7 Å². The number of hydrogen-bond donors (Lipinski definition) is 0. The van der Waals surface area contributed by atoms with E-state index in [-0.39, 0.29) is 6.09 Å². The Hall–Kier alpha value is -2.44. The minimum absolute atomic E-state index is 0.264. The van der Waals surface area contributed by atoms with Crippen molar-refractivity contribution in [2.24, 2.45) is 5.92 Å². The van der Waals surface area contributed by atoms with E-state index in [1.165, 1.54) is 0 Å². The summed E-state index contributed by atoms with van der Waals surface area (Å²) < 4.78 is 16.6. The summed E-state index contributed by atoms with van der Waals surface area (Å²) >= 11 is 0. The zero-order chi connectivity index (χ0) is 19.4. The maximum atomic E-state index is 12.2. The molecule has 0 bridgehead atoms. The zero-order valence-corrected chi connectivity index (χ0v) is 16.3. The van der Waals surface area contributed by atoms with Crippen molar-refractivity contribution < 1.29 is 23.8 Å². The fourth-order valence-corrected chi connectivity index (χ4v) is 3.32. The van der Waals surface area contributed by atoms with Crippen LogP contribution in [0.2, 0.25) is 0 Å². The molecule has 27 heavy (non-hydrogen) atoms. The van der Waals surface area contributed by atoms with E-state index in [0.29, 0.717) is 50.3 Å². The van der Waals surface area contributed by atoms with Crippen molar-refractivity contribution in [2.45, 2.75) is 39.2 Å². The van der Waals surface area contributed by atoms with Gasteiger partial charge in [0.1, 0.15) is 18.8 Å². The lowest BCUT2D eigenvalue weighted by Crippen LogP contribution is -2.43. The van der Waals surface area contributed by atoms with Crippen molar-refractivity contribution >= 4 is 18.2 Å². The van der Waals surface area contributed by atoms with Crippen LogP contribution in [0.1, 0.15) is 33.6 Å². The number of ether oxygens (including phenoxy) is 3. The minimum atomic E-state index is -0.486. The normalized spacial score (nSPS) is 17.4. The second-order valence-corrected chi connectivity index (χ2v) is 8.00. The number of benzene rings is 1. The van der Waals surface area contributed by atoms with Crippen molar-refractivity contribution in [3.8, 4) is 11.5 Å². The second kappa shape index (κ2) is 8.06. The average molecular weight is 376 g/mol. The molecule has 2 aliphatic rings. The molecule has 0 saturated carbocycles. The third-order valence-corrected chi connectivity index (χ3v) is 4.71. The number of nitrogens with zero attached hydrogens (tertiary/aromatic N) is 2. The smallest absolute Gasteiger partial charge is 0.410 e. The highest BCUT2D eigenvalue weighted by Gasteiger charge is 2.28. The van der Waals surface area contributed by atoms with Gasteiger partial charge in [0.25, 0.3) is 0 Å². The van der Waals surface area contributed by atoms with Gasteiger partial charge in [0.05, 0.1) is 0 Å². The number of carbonyl (C=O) groups is 2. The molecule has 0 aliphatic carbocycles. The molecule has 2 aliphatic heterocycles. The van der Waals surface area contributed by atoms with E-state index in [4.69, 9.17) is 14.2 Å². The maximum absolute atomic E-state index is 12.2. The van der Waals surface area contributed by atoms with Gasteiger partial charge in [-0.05, 0) is 51.7 Å². The van der Waals surface area contributed by atoms with Crippen LogP contribution < -0.4 is 14.4 Å². The molecule has 1 saturated heterocycles. The zero-order valence-electron chi connectivity index (χ0n) is 16.3. The Kier molecular flexibility index (Phi) is 5.77. The lowest BCUT2D eigenvalue weighted by Gasteiger charge is -2.35. The third-order valence-electron chi connectivity index (χ3n) is 4.71. The molecule has 3 rings (SSSR count). The largest absolute Gasteiger partial charge is 0.486 e. The van der Waals surface area contributed by atoms with E-state index >= 15 is 0 Å². The highest BCUT2D eigenvalue weighted by molar-refractivity contribution is 5.76. The lowest BCUT2D eigenvalue weighted by atomic mass is 9.96. The Morgan fingerprint density at radius 1 is 1.22 bits per heavy atom. The van der Waals surface area contributed by atoms with Crippen LogP contribution >= 0.6 is 0 Å². The highest BCUT2D eigenvalue weighted by Crippen LogP contribution is 2.34. The summed E-state index contributed by atoms with van der Waals surface area (Å²) in [6.45, 7) is 8.57. The quantitative estimate of drug-likeness (QED) is 0.756. The molecule has 7 nitrogen and oxygen atoms in total. The molecule has 0 atom stereocenters. The second-order valence-electron chi connectivity index (χ2n) is 8.00. The van der Waals surface area contributed by atoms with Gasteiger partial charge >= 0.3 is 6.09 Å². The van der Waals surface area contributed by atoms with Crippen LogP contribution in [0.5, 0.6) is 11.5 Å². The monoisotopic (exact) mass is 376 g/mol. The summed E-state index contributed by atoms with van der Waals surface area (Å²) in [5.41, 5.74) is 0.310. The predicted molar refractivity (Wildman–Crippen MR) is 101 cm³/mol. The van der Waals surface area contributed by atoms with E-state index in [9.17, 15) is 9.59 Å². The Balaban J connectivity index is 1.56. The summed E-state index contributed by atoms with van der Waals surface area (Å²) in [5.74, 6) is 1.72. The van der Waals surface area contributed by atoms with Crippen molar-refractivity contribution in [3.05, 3.63) is 18.2 Å². The van der Waals surface area contributed by atoms with Gasteiger partial charge in [-0.2, -0.15) is 0 Å². The van der Waals surface area contributed by atoms with Gasteiger partial charge in [-0.1, -0.05) is 0 Å². The van der Waals surface area contributed by atoms with Gasteiger partial charge in [-0.25, -0.2) is 4.79 Å². The fraction of sp³-hybridized carbons (Fsp3) is 0.600. The Labute approximate surface area is 160 Å². The predicted octanol–water partition coefficient (Wildman–Crippen LogP) is 3.07. The number of likely N-dealkylation sites (tertiary alicyclic amines) is 1. The van der Waals surface area contributed by atoms with Crippen LogP contribution in [-0.2, 0) is 9.53 Å². The third kappa shape index (κ3) is 5.05. The Morgan fingerprint density at radius 2 is 1.89 bits per heavy atom. The van der Waals surface area contributed by atoms with Gasteiger partial charge in [0.2, 0.25) is 6.41 Å². The Morgan fingerprint density at radius 3 is 2.52 bits per heavy atom. The number of piperidine rings is 1. The topological polar surface area (TPSA) is 68.3 Å². The Bertz CT molecular complexity index is 677. The first-order chi connectivity index (χ1) is 12.9. The van der Waals surface area contributed by atoms with Gasteiger partial charge in [0, 0.05) is 31.4 Å². The van der Waals surface area contributed by atoms with E-state index in [1.54, 1.807) is 9.80 Å². The highest BCUT2D eigenvalue weighted by atomic mass is 16.6. The van der Waals surface area contributed by atoms with Crippen molar-refractivity contribution in [1.29, 1.82) is 0 Å². The number of amides is 2. The van der Waals surface area contributed by atoms with Crippen LogP contribution in [0.25, 0.3) is 0 Å². The van der Waals surface area contributed by atoms with E-state index in [0.717, 1.165) is 24.9 Å². The summed E-state index contributed by atoms with van der Waals surface area (Å²) in [6.07, 6.45) is 2.27. The molecule has 0 spiro atoms. The van der Waals surface area contributed by atoms with E-state index < -0.39 is 5.60 Å². The first-order valence-corrected chi connectivity index (χ1v) is 9.45. The number of rotatable bonds is 4. The number of carbonyl (C=O) groups excluding carboxylic acids is 2. The molecule has 1 aromatic carbocycles. The molecule has 2 heterocycles. The molecule has 0 aromatic heterocycles. The van der Waals surface area contributed by atoms with Gasteiger partial charge < -0.3 is 24.0 Å². The van der Waals surface area contributed by atoms with Crippen LogP contribution in [0.3, 0.4) is 0 Å². The minimum Gasteiger partial charge on any atom is -0.486 e. The summed E-state index contributed by atoms with van der Waals surface area (Å²) in [5, 5.41) is 0. The molecule has 0 unspecified atom stereocenters. The first kappa shape index (κ1) is 19.3. The standard InChI is InChI=1S/C20H28N2O5/c1-20(2,3)27-19(24)21-8-6-15(7-9-21)13-22(14-23)16-4-5-17-18(12-16)26-11-10-25-17/h4-5,12,14-15H,6-11,13H2,1-3H3. The maximum Gasteiger partial charge on any atom is 0.410 e. The average Bonchev–Trinajstić information content (AvgIpc) is 2.65.